The summed E-state index contributed by atoms with van der Waals surface area (Å²) in [6.45, 7) is 11.5. The van der Waals surface area contributed by atoms with Crippen LogP contribution in [0.2, 0.25) is 0 Å². The maximum absolute atomic E-state index is 9.02. The second-order valence-electron chi connectivity index (χ2n) is 5.67. The van der Waals surface area contributed by atoms with E-state index in [-0.39, 0.29) is 5.54 Å². The van der Waals surface area contributed by atoms with E-state index in [2.05, 4.69) is 31.0 Å². The van der Waals surface area contributed by atoms with Crippen LogP contribution in [0, 0.1) is 5.92 Å². The summed E-state index contributed by atoms with van der Waals surface area (Å²) in [5.41, 5.74) is 0.235. The Morgan fingerprint density at radius 3 is 2.67 bits per heavy atom. The van der Waals surface area contributed by atoms with E-state index >= 15 is 0 Å². The van der Waals surface area contributed by atoms with Gasteiger partial charge in [-0.15, -0.1) is 0 Å². The lowest BCUT2D eigenvalue weighted by molar-refractivity contribution is 0.220. The number of nitrogens with one attached hydrogen (secondary N) is 1. The Kier molecular flexibility index (Phi) is 5.03. The van der Waals surface area contributed by atoms with Crippen LogP contribution in [-0.4, -0.2) is 48.3 Å². The Bertz CT molecular complexity index is 177. The minimum atomic E-state index is 0.235. The minimum Gasteiger partial charge on any atom is -0.396 e. The molecular weight excluding hydrogens is 188 g/mol. The molecule has 3 heteroatoms. The van der Waals surface area contributed by atoms with E-state index in [0.29, 0.717) is 12.5 Å². The molecule has 1 saturated heterocycles. The van der Waals surface area contributed by atoms with E-state index in [1.807, 2.05) is 0 Å². The van der Waals surface area contributed by atoms with Crippen molar-refractivity contribution in [3.8, 4) is 0 Å². The molecule has 15 heavy (non-hydrogen) atoms. The van der Waals surface area contributed by atoms with Gasteiger partial charge in [0.05, 0.1) is 0 Å². The van der Waals surface area contributed by atoms with Gasteiger partial charge in [-0.1, -0.05) is 0 Å². The monoisotopic (exact) mass is 214 g/mol. The number of rotatable bonds is 5. The molecule has 1 unspecified atom stereocenters. The number of aliphatic hydroxyl groups is 1. The number of nitrogens with zero attached hydrogens (tertiary/aromatic N) is 1. The molecule has 2 N–H and O–H groups in total. The van der Waals surface area contributed by atoms with Crippen LogP contribution in [0.3, 0.4) is 0 Å². The predicted octanol–water partition coefficient (Wildman–Crippen LogP) is 1.08. The molecule has 0 radical (unpaired) electrons. The van der Waals surface area contributed by atoms with Crippen molar-refractivity contribution in [3.63, 3.8) is 0 Å². The maximum atomic E-state index is 9.02. The largest absolute Gasteiger partial charge is 0.396 e. The van der Waals surface area contributed by atoms with Gasteiger partial charge in [0.15, 0.2) is 0 Å². The first kappa shape index (κ1) is 12.9. The van der Waals surface area contributed by atoms with E-state index < -0.39 is 0 Å². The van der Waals surface area contributed by atoms with E-state index in [1.165, 1.54) is 25.9 Å². The van der Waals surface area contributed by atoms with Crippen molar-refractivity contribution in [2.24, 2.45) is 5.92 Å². The van der Waals surface area contributed by atoms with Crippen LogP contribution in [0.4, 0.5) is 0 Å². The molecule has 1 atom stereocenters. The average molecular weight is 214 g/mol. The fourth-order valence-corrected chi connectivity index (χ4v) is 2.03. The van der Waals surface area contributed by atoms with Gasteiger partial charge in [-0.25, -0.2) is 0 Å². The highest BCUT2D eigenvalue weighted by Gasteiger charge is 2.20. The zero-order chi connectivity index (χ0) is 11.3. The third kappa shape index (κ3) is 5.50. The van der Waals surface area contributed by atoms with Crippen LogP contribution in [0.1, 0.15) is 33.6 Å². The van der Waals surface area contributed by atoms with Gasteiger partial charge in [-0.05, 0) is 59.2 Å². The zero-order valence-electron chi connectivity index (χ0n) is 10.4. The van der Waals surface area contributed by atoms with Crippen molar-refractivity contribution >= 4 is 0 Å². The van der Waals surface area contributed by atoms with Crippen LogP contribution in [0.15, 0.2) is 0 Å². The molecule has 3 nitrogen and oxygen atoms in total. The highest BCUT2D eigenvalue weighted by atomic mass is 16.3. The highest BCUT2D eigenvalue weighted by molar-refractivity contribution is 4.75. The summed E-state index contributed by atoms with van der Waals surface area (Å²) >= 11 is 0. The molecular formula is C12H26N2O. The zero-order valence-corrected chi connectivity index (χ0v) is 10.4. The molecule has 1 aliphatic rings. The van der Waals surface area contributed by atoms with E-state index in [4.69, 9.17) is 5.11 Å². The van der Waals surface area contributed by atoms with Crippen molar-refractivity contribution in [2.75, 3.05) is 32.8 Å². The van der Waals surface area contributed by atoms with Gasteiger partial charge in [0.25, 0.3) is 0 Å². The molecule has 90 valence electrons. The van der Waals surface area contributed by atoms with Gasteiger partial charge < -0.3 is 15.3 Å². The molecule has 0 aromatic heterocycles. The highest BCUT2D eigenvalue weighted by Crippen LogP contribution is 2.15. The maximum Gasteiger partial charge on any atom is 0.0471 e. The lowest BCUT2D eigenvalue weighted by atomic mass is 10.1. The van der Waals surface area contributed by atoms with Gasteiger partial charge >= 0.3 is 0 Å². The molecule has 1 heterocycles. The molecule has 0 aliphatic carbocycles. The van der Waals surface area contributed by atoms with Crippen molar-refractivity contribution in [1.29, 1.82) is 0 Å². The first-order chi connectivity index (χ1) is 7.01. The van der Waals surface area contributed by atoms with Crippen molar-refractivity contribution < 1.29 is 5.11 Å². The van der Waals surface area contributed by atoms with Gasteiger partial charge in [0.2, 0.25) is 0 Å². The number of hydrogen-bond acceptors (Lipinski definition) is 3. The first-order valence-electron chi connectivity index (χ1n) is 6.09. The lowest BCUT2D eigenvalue weighted by Crippen LogP contribution is -2.37. The number of hydrogen-bond donors (Lipinski definition) is 2. The summed E-state index contributed by atoms with van der Waals surface area (Å²) in [5.74, 6) is 0.528. The summed E-state index contributed by atoms with van der Waals surface area (Å²) < 4.78 is 0. The fraction of sp³-hybridized carbons (Fsp3) is 1.00. The second-order valence-corrected chi connectivity index (χ2v) is 5.67. The minimum absolute atomic E-state index is 0.235. The normalized spacial score (nSPS) is 23.6. The average Bonchev–Trinajstić information content (AvgIpc) is 2.59. The topological polar surface area (TPSA) is 35.5 Å². The summed E-state index contributed by atoms with van der Waals surface area (Å²) in [6.07, 6.45) is 2.37. The lowest BCUT2D eigenvalue weighted by Gasteiger charge is -2.22. The molecule has 1 aliphatic heterocycles. The molecule has 0 amide bonds. The van der Waals surface area contributed by atoms with Crippen molar-refractivity contribution in [3.05, 3.63) is 0 Å². The fourth-order valence-electron chi connectivity index (χ4n) is 2.03. The summed E-state index contributed by atoms with van der Waals surface area (Å²) in [5, 5.41) is 12.5. The number of likely N-dealkylation sites (tertiary alicyclic amines) is 1. The Morgan fingerprint density at radius 2 is 2.13 bits per heavy atom. The van der Waals surface area contributed by atoms with Crippen LogP contribution >= 0.6 is 0 Å². The number of aliphatic hydroxyl groups excluding tert-OH is 1. The van der Waals surface area contributed by atoms with Gasteiger partial charge in [0.1, 0.15) is 0 Å². The molecule has 0 aromatic rings. The predicted molar refractivity (Wildman–Crippen MR) is 64.0 cm³/mol. The second kappa shape index (κ2) is 5.83. The third-order valence-electron chi connectivity index (χ3n) is 2.93. The standard InChI is InChI=1S/C12H26N2O/c1-12(2,3)13-6-4-7-14-8-5-11(9-14)10-15/h11,13,15H,4-10H2,1-3H3. The van der Waals surface area contributed by atoms with Crippen LogP contribution in [0.25, 0.3) is 0 Å². The molecule has 0 spiro atoms. The Morgan fingerprint density at radius 1 is 1.40 bits per heavy atom. The molecule has 0 aromatic carbocycles. The van der Waals surface area contributed by atoms with E-state index in [1.54, 1.807) is 0 Å². The quantitative estimate of drug-likeness (QED) is 0.672. The van der Waals surface area contributed by atoms with Crippen LogP contribution in [0.5, 0.6) is 0 Å². The van der Waals surface area contributed by atoms with E-state index in [0.717, 1.165) is 13.1 Å². The van der Waals surface area contributed by atoms with Gasteiger partial charge in [-0.2, -0.15) is 0 Å². The van der Waals surface area contributed by atoms with Gasteiger partial charge in [-0.3, -0.25) is 0 Å². The summed E-state index contributed by atoms with van der Waals surface area (Å²) in [7, 11) is 0. The summed E-state index contributed by atoms with van der Waals surface area (Å²) in [4.78, 5) is 2.46. The first-order valence-corrected chi connectivity index (χ1v) is 6.09. The van der Waals surface area contributed by atoms with Gasteiger partial charge in [0, 0.05) is 18.7 Å². The van der Waals surface area contributed by atoms with Crippen LogP contribution < -0.4 is 5.32 Å². The molecule has 1 rings (SSSR count). The Hall–Kier alpha value is -0.120. The molecule has 0 saturated carbocycles. The smallest absolute Gasteiger partial charge is 0.0471 e. The van der Waals surface area contributed by atoms with E-state index in [9.17, 15) is 0 Å². The SMILES string of the molecule is CC(C)(C)NCCCN1CCC(CO)C1. The Balaban J connectivity index is 2.02. The molecule has 0 bridgehead atoms. The Labute approximate surface area is 93.9 Å². The summed E-state index contributed by atoms with van der Waals surface area (Å²) in [6, 6.07) is 0. The molecule has 1 fully saturated rings. The van der Waals surface area contributed by atoms with Crippen LogP contribution in [-0.2, 0) is 0 Å². The van der Waals surface area contributed by atoms with Crippen molar-refractivity contribution in [1.82, 2.24) is 10.2 Å². The third-order valence-corrected chi connectivity index (χ3v) is 2.93. The van der Waals surface area contributed by atoms with Crippen molar-refractivity contribution in [2.45, 2.75) is 39.2 Å².